The Hall–Kier alpha value is -0.890. The zero-order valence-electron chi connectivity index (χ0n) is 15.1. The fourth-order valence-electron chi connectivity index (χ4n) is 2.93. The number of nitrogens with zero attached hydrogens (tertiary/aromatic N) is 2. The standard InChI is InChI=1S/C18H29FN4.HI/c1-13-11-16(19)8-7-14(13)9-10-21-18(20-2)22-12-17(23(3)4)15-5-6-15;/h7-8,11,15,17H,5-6,9-10,12H2,1-4H3,(H2,20,21,22);1H. The van der Waals surface area contributed by atoms with Crippen molar-refractivity contribution in [2.45, 2.75) is 32.2 Å². The van der Waals surface area contributed by atoms with Gasteiger partial charge in [0.05, 0.1) is 0 Å². The van der Waals surface area contributed by atoms with E-state index >= 15 is 0 Å². The van der Waals surface area contributed by atoms with Crippen LogP contribution in [0.25, 0.3) is 0 Å². The van der Waals surface area contributed by atoms with Gasteiger partial charge >= 0.3 is 0 Å². The molecule has 0 aromatic heterocycles. The predicted molar refractivity (Wildman–Crippen MR) is 110 cm³/mol. The molecule has 1 aromatic carbocycles. The van der Waals surface area contributed by atoms with Crippen molar-refractivity contribution in [1.82, 2.24) is 15.5 Å². The first kappa shape index (κ1) is 21.2. The zero-order chi connectivity index (χ0) is 16.8. The Morgan fingerprint density at radius 2 is 2.04 bits per heavy atom. The average molecular weight is 448 g/mol. The number of aliphatic imine (C=N–C) groups is 1. The van der Waals surface area contributed by atoms with E-state index in [1.807, 2.05) is 13.0 Å². The van der Waals surface area contributed by atoms with Crippen molar-refractivity contribution in [2.24, 2.45) is 10.9 Å². The van der Waals surface area contributed by atoms with E-state index in [1.54, 1.807) is 13.1 Å². The first-order valence-corrected chi connectivity index (χ1v) is 8.37. The minimum Gasteiger partial charge on any atom is -0.356 e. The molecule has 1 fully saturated rings. The molecule has 0 radical (unpaired) electrons. The normalized spacial score (nSPS) is 15.8. The number of rotatable bonds is 7. The first-order valence-electron chi connectivity index (χ1n) is 8.37. The summed E-state index contributed by atoms with van der Waals surface area (Å²) in [4.78, 5) is 6.57. The predicted octanol–water partition coefficient (Wildman–Crippen LogP) is 2.80. The van der Waals surface area contributed by atoms with Crippen LogP contribution in [0, 0.1) is 18.7 Å². The molecule has 2 N–H and O–H groups in total. The molecule has 1 saturated carbocycles. The Labute approximate surface area is 162 Å². The van der Waals surface area contributed by atoms with Crippen LogP contribution in [-0.2, 0) is 6.42 Å². The third-order valence-corrected chi connectivity index (χ3v) is 4.52. The van der Waals surface area contributed by atoms with Gasteiger partial charge in [-0.05, 0) is 69.5 Å². The largest absolute Gasteiger partial charge is 0.356 e. The van der Waals surface area contributed by atoms with Gasteiger partial charge in [0, 0.05) is 26.2 Å². The summed E-state index contributed by atoms with van der Waals surface area (Å²) in [6, 6.07) is 5.53. The first-order chi connectivity index (χ1) is 11.0. The zero-order valence-corrected chi connectivity index (χ0v) is 17.4. The van der Waals surface area contributed by atoms with Crippen LogP contribution in [-0.4, -0.2) is 51.1 Å². The second-order valence-electron chi connectivity index (χ2n) is 6.57. The molecular weight excluding hydrogens is 418 g/mol. The van der Waals surface area contributed by atoms with E-state index in [1.165, 1.54) is 24.5 Å². The van der Waals surface area contributed by atoms with Gasteiger partial charge in [-0.25, -0.2) is 4.39 Å². The van der Waals surface area contributed by atoms with Gasteiger partial charge in [0.15, 0.2) is 5.96 Å². The van der Waals surface area contributed by atoms with Crippen molar-refractivity contribution < 1.29 is 4.39 Å². The lowest BCUT2D eigenvalue weighted by Crippen LogP contribution is -2.46. The lowest BCUT2D eigenvalue weighted by Gasteiger charge is -2.25. The maximum absolute atomic E-state index is 13.1. The van der Waals surface area contributed by atoms with Crippen LogP contribution < -0.4 is 10.6 Å². The van der Waals surface area contributed by atoms with E-state index in [0.717, 1.165) is 37.0 Å². The smallest absolute Gasteiger partial charge is 0.191 e. The van der Waals surface area contributed by atoms with Crippen molar-refractivity contribution in [1.29, 1.82) is 0 Å². The molecule has 1 aliphatic carbocycles. The highest BCUT2D eigenvalue weighted by molar-refractivity contribution is 14.0. The fourth-order valence-corrected chi connectivity index (χ4v) is 2.93. The van der Waals surface area contributed by atoms with Crippen molar-refractivity contribution in [3.05, 3.63) is 35.1 Å². The fraction of sp³-hybridized carbons (Fsp3) is 0.611. The van der Waals surface area contributed by atoms with E-state index in [0.29, 0.717) is 6.04 Å². The number of benzene rings is 1. The number of nitrogens with one attached hydrogen (secondary N) is 2. The van der Waals surface area contributed by atoms with Gasteiger partial charge < -0.3 is 15.5 Å². The lowest BCUT2D eigenvalue weighted by molar-refractivity contribution is 0.264. The van der Waals surface area contributed by atoms with Crippen LogP contribution in [0.5, 0.6) is 0 Å². The third kappa shape index (κ3) is 6.55. The van der Waals surface area contributed by atoms with Crippen LogP contribution >= 0.6 is 24.0 Å². The van der Waals surface area contributed by atoms with E-state index in [-0.39, 0.29) is 29.8 Å². The Kier molecular flexibility index (Phi) is 8.97. The van der Waals surface area contributed by atoms with E-state index < -0.39 is 0 Å². The molecule has 24 heavy (non-hydrogen) atoms. The van der Waals surface area contributed by atoms with Crippen LogP contribution in [0.4, 0.5) is 4.39 Å². The van der Waals surface area contributed by atoms with Crippen LogP contribution in [0.1, 0.15) is 24.0 Å². The molecule has 1 aliphatic rings. The molecule has 0 heterocycles. The second kappa shape index (κ2) is 10.2. The highest BCUT2D eigenvalue weighted by atomic mass is 127. The summed E-state index contributed by atoms with van der Waals surface area (Å²) >= 11 is 0. The number of hydrogen-bond donors (Lipinski definition) is 2. The summed E-state index contributed by atoms with van der Waals surface area (Å²) in [5, 5.41) is 6.76. The summed E-state index contributed by atoms with van der Waals surface area (Å²) in [6.45, 7) is 3.64. The molecule has 4 nitrogen and oxygen atoms in total. The highest BCUT2D eigenvalue weighted by Crippen LogP contribution is 2.34. The van der Waals surface area contributed by atoms with Crippen molar-refractivity contribution in [3.8, 4) is 0 Å². The molecular formula is C18H30FIN4. The van der Waals surface area contributed by atoms with Gasteiger partial charge in [-0.1, -0.05) is 6.07 Å². The summed E-state index contributed by atoms with van der Waals surface area (Å²) in [5.41, 5.74) is 2.16. The lowest BCUT2D eigenvalue weighted by atomic mass is 10.1. The number of aryl methyl sites for hydroxylation is 1. The number of likely N-dealkylation sites (N-methyl/N-ethyl adjacent to an activating group) is 1. The molecule has 0 amide bonds. The Bertz CT molecular complexity index is 542. The van der Waals surface area contributed by atoms with Crippen molar-refractivity contribution in [2.75, 3.05) is 34.2 Å². The molecule has 0 bridgehead atoms. The molecule has 6 heteroatoms. The Morgan fingerprint density at radius 3 is 2.58 bits per heavy atom. The minimum absolute atomic E-state index is 0. The second-order valence-corrected chi connectivity index (χ2v) is 6.57. The highest BCUT2D eigenvalue weighted by Gasteiger charge is 2.32. The average Bonchev–Trinajstić information content (AvgIpc) is 3.32. The topological polar surface area (TPSA) is 39.7 Å². The minimum atomic E-state index is -0.175. The van der Waals surface area contributed by atoms with Gasteiger partial charge in [-0.15, -0.1) is 24.0 Å². The van der Waals surface area contributed by atoms with Crippen LogP contribution in [0.15, 0.2) is 23.2 Å². The maximum atomic E-state index is 13.1. The van der Waals surface area contributed by atoms with E-state index in [9.17, 15) is 4.39 Å². The number of hydrogen-bond acceptors (Lipinski definition) is 2. The molecule has 0 aliphatic heterocycles. The van der Waals surface area contributed by atoms with Gasteiger partial charge in [0.1, 0.15) is 5.82 Å². The van der Waals surface area contributed by atoms with E-state index in [4.69, 9.17) is 0 Å². The van der Waals surface area contributed by atoms with Gasteiger partial charge in [-0.3, -0.25) is 4.99 Å². The summed E-state index contributed by atoms with van der Waals surface area (Å²) in [7, 11) is 6.07. The maximum Gasteiger partial charge on any atom is 0.191 e. The monoisotopic (exact) mass is 448 g/mol. The molecule has 136 valence electrons. The molecule has 0 spiro atoms. The van der Waals surface area contributed by atoms with E-state index in [2.05, 4.69) is 34.6 Å². The van der Waals surface area contributed by atoms with Crippen LogP contribution in [0.3, 0.4) is 0 Å². The van der Waals surface area contributed by atoms with Crippen molar-refractivity contribution in [3.63, 3.8) is 0 Å². The summed E-state index contributed by atoms with van der Waals surface area (Å²) < 4.78 is 13.1. The molecule has 1 aromatic rings. The van der Waals surface area contributed by atoms with Gasteiger partial charge in [-0.2, -0.15) is 0 Å². The van der Waals surface area contributed by atoms with Crippen LogP contribution in [0.2, 0.25) is 0 Å². The number of halogens is 2. The quantitative estimate of drug-likeness (QED) is 0.383. The SMILES string of the molecule is CN=C(NCCc1ccc(F)cc1C)NCC(C1CC1)N(C)C.I. The summed E-state index contributed by atoms with van der Waals surface area (Å²) in [6.07, 6.45) is 3.52. The molecule has 1 unspecified atom stereocenters. The van der Waals surface area contributed by atoms with Gasteiger partial charge in [0.2, 0.25) is 0 Å². The molecule has 2 rings (SSSR count). The Balaban J connectivity index is 0.00000288. The molecule has 0 saturated heterocycles. The Morgan fingerprint density at radius 1 is 1.33 bits per heavy atom. The molecule has 1 atom stereocenters. The van der Waals surface area contributed by atoms with Gasteiger partial charge in [0.25, 0.3) is 0 Å². The third-order valence-electron chi connectivity index (χ3n) is 4.52. The number of guanidine groups is 1. The summed E-state index contributed by atoms with van der Waals surface area (Å²) in [5.74, 6) is 1.47. The van der Waals surface area contributed by atoms with Crippen molar-refractivity contribution >= 4 is 29.9 Å².